The smallest absolute Gasteiger partial charge is 0.376 e. The number of alkyl halides is 3. The first-order chi connectivity index (χ1) is 7.14. The molecule has 0 aliphatic carbocycles. The second-order valence-corrected chi connectivity index (χ2v) is 5.60. The number of thiophene rings is 1. The quantitative estimate of drug-likeness (QED) is 0.869. The zero-order chi connectivity index (χ0) is 12.6. The highest BCUT2D eigenvalue weighted by molar-refractivity contribution is 7.12. The molecule has 1 N–H and O–H groups in total. The summed E-state index contributed by atoms with van der Waals surface area (Å²) >= 11 is 1.03. The summed E-state index contributed by atoms with van der Waals surface area (Å²) in [6.45, 7) is 4.79. The molecule has 1 nitrogen and oxygen atoms in total. The zero-order valence-electron chi connectivity index (χ0n) is 9.43. The van der Waals surface area contributed by atoms with E-state index in [0.29, 0.717) is 5.92 Å². The van der Waals surface area contributed by atoms with Crippen LogP contribution in [-0.4, -0.2) is 11.3 Å². The maximum Gasteiger partial charge on any atom is 0.421 e. The van der Waals surface area contributed by atoms with Crippen molar-refractivity contribution >= 4 is 11.3 Å². The predicted molar refractivity (Wildman–Crippen MR) is 58.5 cm³/mol. The van der Waals surface area contributed by atoms with Crippen molar-refractivity contribution < 1.29 is 18.3 Å². The summed E-state index contributed by atoms with van der Waals surface area (Å²) in [6, 6.07) is 3.01. The predicted octanol–water partition coefficient (Wildman–Crippen LogP) is 3.72. The lowest BCUT2D eigenvalue weighted by atomic mass is 10.0. The Balaban J connectivity index is 2.93. The molecular weight excluding hydrogens is 237 g/mol. The van der Waals surface area contributed by atoms with E-state index in [-0.39, 0.29) is 4.88 Å². The van der Waals surface area contributed by atoms with Crippen molar-refractivity contribution in [1.82, 2.24) is 0 Å². The molecule has 1 heterocycles. The van der Waals surface area contributed by atoms with Crippen molar-refractivity contribution in [2.45, 2.75) is 39.0 Å². The Kier molecular flexibility index (Phi) is 3.69. The molecule has 5 heteroatoms. The molecule has 0 radical (unpaired) electrons. The molecule has 1 atom stereocenters. The number of hydrogen-bond donors (Lipinski definition) is 1. The molecule has 0 aliphatic rings. The summed E-state index contributed by atoms with van der Waals surface area (Å²) in [4.78, 5) is 0.824. The molecule has 1 rings (SSSR count). The van der Waals surface area contributed by atoms with E-state index in [1.165, 1.54) is 6.07 Å². The Hall–Kier alpha value is -0.550. The van der Waals surface area contributed by atoms with Crippen LogP contribution in [0.15, 0.2) is 12.1 Å². The van der Waals surface area contributed by atoms with Gasteiger partial charge in [-0.05, 0) is 31.4 Å². The van der Waals surface area contributed by atoms with Gasteiger partial charge < -0.3 is 5.11 Å². The summed E-state index contributed by atoms with van der Waals surface area (Å²) < 4.78 is 37.6. The van der Waals surface area contributed by atoms with Crippen LogP contribution in [0, 0.1) is 5.92 Å². The van der Waals surface area contributed by atoms with E-state index in [4.69, 9.17) is 0 Å². The van der Waals surface area contributed by atoms with E-state index >= 15 is 0 Å². The van der Waals surface area contributed by atoms with Gasteiger partial charge in [-0.1, -0.05) is 13.8 Å². The third-order valence-corrected chi connectivity index (χ3v) is 3.62. The van der Waals surface area contributed by atoms with Crippen LogP contribution in [-0.2, 0) is 12.0 Å². The molecule has 16 heavy (non-hydrogen) atoms. The van der Waals surface area contributed by atoms with Gasteiger partial charge in [0.25, 0.3) is 0 Å². The molecular formula is C11H15F3OS. The maximum absolute atomic E-state index is 12.5. The molecule has 0 fully saturated rings. The van der Waals surface area contributed by atoms with Crippen molar-refractivity contribution in [3.05, 3.63) is 21.9 Å². The SMILES string of the molecule is CC(C)Cc1ccc(C(C)(O)C(F)(F)F)s1. The minimum absolute atomic E-state index is 0.0457. The molecule has 0 spiro atoms. The number of aliphatic hydroxyl groups is 1. The van der Waals surface area contributed by atoms with E-state index in [9.17, 15) is 18.3 Å². The van der Waals surface area contributed by atoms with Crippen LogP contribution in [0.5, 0.6) is 0 Å². The lowest BCUT2D eigenvalue weighted by Gasteiger charge is -2.24. The fourth-order valence-corrected chi connectivity index (χ4v) is 2.58. The summed E-state index contributed by atoms with van der Waals surface area (Å²) in [5.41, 5.74) is -2.74. The lowest BCUT2D eigenvalue weighted by Crippen LogP contribution is -2.38. The Morgan fingerprint density at radius 1 is 1.31 bits per heavy atom. The second-order valence-electron chi connectivity index (χ2n) is 4.43. The lowest BCUT2D eigenvalue weighted by molar-refractivity contribution is -0.257. The summed E-state index contributed by atoms with van der Waals surface area (Å²) in [7, 11) is 0. The van der Waals surface area contributed by atoms with Crippen molar-refractivity contribution in [3.63, 3.8) is 0 Å². The Labute approximate surface area is 96.9 Å². The van der Waals surface area contributed by atoms with Crippen molar-refractivity contribution in [2.24, 2.45) is 5.92 Å². The fraction of sp³-hybridized carbons (Fsp3) is 0.636. The topological polar surface area (TPSA) is 20.2 Å². The molecule has 0 saturated carbocycles. The van der Waals surface area contributed by atoms with Crippen LogP contribution in [0.25, 0.3) is 0 Å². The van der Waals surface area contributed by atoms with E-state index in [1.807, 2.05) is 13.8 Å². The van der Waals surface area contributed by atoms with Crippen LogP contribution in [0.2, 0.25) is 0 Å². The Morgan fingerprint density at radius 2 is 1.88 bits per heavy atom. The van der Waals surface area contributed by atoms with Gasteiger partial charge in [-0.2, -0.15) is 13.2 Å². The van der Waals surface area contributed by atoms with Gasteiger partial charge in [-0.15, -0.1) is 11.3 Å². The second kappa shape index (κ2) is 4.37. The normalized spacial score (nSPS) is 16.5. The molecule has 0 amide bonds. The van der Waals surface area contributed by atoms with Gasteiger partial charge >= 0.3 is 6.18 Å². The Morgan fingerprint density at radius 3 is 2.31 bits per heavy atom. The highest BCUT2D eigenvalue weighted by Gasteiger charge is 2.52. The standard InChI is InChI=1S/C11H15F3OS/c1-7(2)6-8-4-5-9(16-8)10(3,15)11(12,13)14/h4-5,7,15H,6H2,1-3H3. The van der Waals surface area contributed by atoms with Gasteiger partial charge in [-0.3, -0.25) is 0 Å². The third-order valence-electron chi connectivity index (χ3n) is 2.30. The average Bonchev–Trinajstić information content (AvgIpc) is 2.49. The van der Waals surface area contributed by atoms with Crippen LogP contribution < -0.4 is 0 Å². The summed E-state index contributed by atoms with van der Waals surface area (Å²) in [6.07, 6.45) is -3.90. The van der Waals surface area contributed by atoms with Crippen LogP contribution >= 0.6 is 11.3 Å². The van der Waals surface area contributed by atoms with Crippen molar-refractivity contribution in [2.75, 3.05) is 0 Å². The third kappa shape index (κ3) is 2.77. The molecule has 92 valence electrons. The highest BCUT2D eigenvalue weighted by Crippen LogP contribution is 2.41. The molecule has 1 aromatic rings. The molecule has 0 aromatic carbocycles. The highest BCUT2D eigenvalue weighted by atomic mass is 32.1. The van der Waals surface area contributed by atoms with E-state index in [0.717, 1.165) is 29.6 Å². The summed E-state index contributed by atoms with van der Waals surface area (Å²) in [5.74, 6) is 0.391. The van der Waals surface area contributed by atoms with Crippen LogP contribution in [0.1, 0.15) is 30.5 Å². The minimum Gasteiger partial charge on any atom is -0.376 e. The summed E-state index contributed by atoms with van der Waals surface area (Å²) in [5, 5.41) is 9.46. The van der Waals surface area contributed by atoms with E-state index in [1.54, 1.807) is 6.07 Å². The Bertz CT molecular complexity index is 352. The van der Waals surface area contributed by atoms with Crippen LogP contribution in [0.3, 0.4) is 0 Å². The number of hydrogen-bond acceptors (Lipinski definition) is 2. The van der Waals surface area contributed by atoms with Gasteiger partial charge in [0, 0.05) is 9.75 Å². The minimum atomic E-state index is -4.63. The molecule has 0 bridgehead atoms. The maximum atomic E-state index is 12.5. The first-order valence-corrected chi connectivity index (χ1v) is 5.84. The zero-order valence-corrected chi connectivity index (χ0v) is 10.2. The van der Waals surface area contributed by atoms with Gasteiger partial charge in [0.05, 0.1) is 0 Å². The van der Waals surface area contributed by atoms with Gasteiger partial charge in [0.15, 0.2) is 5.60 Å². The largest absolute Gasteiger partial charge is 0.421 e. The van der Waals surface area contributed by atoms with E-state index < -0.39 is 11.8 Å². The molecule has 1 aromatic heterocycles. The molecule has 1 unspecified atom stereocenters. The average molecular weight is 252 g/mol. The van der Waals surface area contributed by atoms with Crippen LogP contribution in [0.4, 0.5) is 13.2 Å². The molecule has 0 saturated heterocycles. The first-order valence-electron chi connectivity index (χ1n) is 5.03. The number of halogens is 3. The van der Waals surface area contributed by atoms with Gasteiger partial charge in [0.2, 0.25) is 0 Å². The molecule has 0 aliphatic heterocycles. The van der Waals surface area contributed by atoms with Gasteiger partial charge in [-0.25, -0.2) is 0 Å². The van der Waals surface area contributed by atoms with Crippen molar-refractivity contribution in [3.8, 4) is 0 Å². The van der Waals surface area contributed by atoms with E-state index in [2.05, 4.69) is 0 Å². The van der Waals surface area contributed by atoms with Crippen molar-refractivity contribution in [1.29, 1.82) is 0 Å². The fourth-order valence-electron chi connectivity index (χ4n) is 1.29. The monoisotopic (exact) mass is 252 g/mol. The first kappa shape index (κ1) is 13.5. The van der Waals surface area contributed by atoms with Gasteiger partial charge in [0.1, 0.15) is 0 Å². The number of rotatable bonds is 3.